The Morgan fingerprint density at radius 1 is 1.19 bits per heavy atom. The molecule has 1 aliphatic heterocycles. The molecule has 2 atom stereocenters. The molecular formula is C21H26FN3O. The Hall–Kier alpha value is -2.40. The van der Waals surface area contributed by atoms with E-state index < -0.39 is 6.04 Å². The van der Waals surface area contributed by atoms with Gasteiger partial charge in [-0.3, -0.25) is 4.79 Å². The van der Waals surface area contributed by atoms with Gasteiger partial charge in [0.05, 0.1) is 6.04 Å². The van der Waals surface area contributed by atoms with E-state index >= 15 is 0 Å². The molecule has 2 aromatic carbocycles. The predicted octanol–water partition coefficient (Wildman–Crippen LogP) is 3.19. The minimum Gasteiger partial charge on any atom is -0.383 e. The van der Waals surface area contributed by atoms with E-state index in [1.165, 1.54) is 6.07 Å². The third kappa shape index (κ3) is 4.61. The lowest BCUT2D eigenvalue weighted by atomic mass is 10.0. The number of hydrogen-bond acceptors (Lipinski definition) is 3. The predicted molar refractivity (Wildman–Crippen MR) is 102 cm³/mol. The van der Waals surface area contributed by atoms with Crippen molar-refractivity contribution in [3.8, 4) is 0 Å². The Morgan fingerprint density at radius 2 is 1.92 bits per heavy atom. The molecule has 1 amide bonds. The van der Waals surface area contributed by atoms with E-state index in [0.717, 1.165) is 31.6 Å². The summed E-state index contributed by atoms with van der Waals surface area (Å²) < 4.78 is 13.7. The van der Waals surface area contributed by atoms with E-state index in [4.69, 9.17) is 5.73 Å². The zero-order valence-corrected chi connectivity index (χ0v) is 14.9. The number of nitrogens with zero attached hydrogens (tertiary/aromatic N) is 1. The first-order valence-electron chi connectivity index (χ1n) is 9.23. The summed E-state index contributed by atoms with van der Waals surface area (Å²) >= 11 is 0. The van der Waals surface area contributed by atoms with Crippen molar-refractivity contribution in [3.05, 3.63) is 66.0 Å². The lowest BCUT2D eigenvalue weighted by Crippen LogP contribution is -2.48. The highest BCUT2D eigenvalue weighted by atomic mass is 19.1. The number of nitrogens with one attached hydrogen (secondary N) is 1. The molecule has 0 unspecified atom stereocenters. The van der Waals surface area contributed by atoms with Crippen LogP contribution in [0.15, 0.2) is 54.6 Å². The molecule has 5 heteroatoms. The summed E-state index contributed by atoms with van der Waals surface area (Å²) in [5, 5.41) is 3.39. The van der Waals surface area contributed by atoms with Gasteiger partial charge in [0.25, 0.3) is 0 Å². The minimum absolute atomic E-state index is 0.0290. The van der Waals surface area contributed by atoms with Gasteiger partial charge in [0.1, 0.15) is 5.82 Å². The number of hydrogen-bond donors (Lipinski definition) is 2. The van der Waals surface area contributed by atoms with Crippen molar-refractivity contribution in [2.24, 2.45) is 5.73 Å². The number of anilines is 1. The minimum atomic E-state index is -0.591. The highest BCUT2D eigenvalue weighted by molar-refractivity contribution is 5.82. The van der Waals surface area contributed by atoms with Gasteiger partial charge in [0.15, 0.2) is 0 Å². The topological polar surface area (TPSA) is 58.4 Å². The molecule has 3 rings (SSSR count). The van der Waals surface area contributed by atoms with Crippen LogP contribution < -0.4 is 11.1 Å². The summed E-state index contributed by atoms with van der Waals surface area (Å²) in [7, 11) is 0. The van der Waals surface area contributed by atoms with Crippen molar-refractivity contribution in [2.75, 3.05) is 18.4 Å². The maximum Gasteiger partial charge on any atom is 0.239 e. The smallest absolute Gasteiger partial charge is 0.239 e. The van der Waals surface area contributed by atoms with Gasteiger partial charge in [-0.15, -0.1) is 0 Å². The van der Waals surface area contributed by atoms with Gasteiger partial charge in [-0.1, -0.05) is 36.4 Å². The number of carbonyl (C=O) groups excluding carboxylic acids is 1. The van der Waals surface area contributed by atoms with E-state index in [0.29, 0.717) is 18.4 Å². The summed E-state index contributed by atoms with van der Waals surface area (Å²) in [6, 6.07) is 16.2. The molecule has 0 radical (unpaired) electrons. The molecule has 1 aliphatic rings. The normalized spacial score (nSPS) is 17.9. The fraction of sp³-hybridized carbons (Fsp3) is 0.381. The molecule has 26 heavy (non-hydrogen) atoms. The Bertz CT molecular complexity index is 722. The highest BCUT2D eigenvalue weighted by Gasteiger charge is 2.31. The Morgan fingerprint density at radius 3 is 2.69 bits per heavy atom. The average molecular weight is 355 g/mol. The molecule has 1 heterocycles. The van der Waals surface area contributed by atoms with E-state index in [1.54, 1.807) is 18.2 Å². The second-order valence-electron chi connectivity index (χ2n) is 6.81. The van der Waals surface area contributed by atoms with Gasteiger partial charge >= 0.3 is 0 Å². The fourth-order valence-corrected chi connectivity index (χ4v) is 3.48. The number of carbonyl (C=O) groups is 1. The summed E-state index contributed by atoms with van der Waals surface area (Å²) in [5.41, 5.74) is 7.79. The molecule has 0 spiro atoms. The molecule has 0 saturated carbocycles. The Balaban J connectivity index is 1.52. The molecule has 4 nitrogen and oxygen atoms in total. The summed E-state index contributed by atoms with van der Waals surface area (Å²) in [5.74, 6) is -0.267. The second-order valence-corrected chi connectivity index (χ2v) is 6.81. The number of nitrogens with two attached hydrogens (primary N) is 1. The van der Waals surface area contributed by atoms with Crippen LogP contribution in [0.5, 0.6) is 0 Å². The van der Waals surface area contributed by atoms with E-state index in [-0.39, 0.29) is 17.8 Å². The number of likely N-dealkylation sites (tertiary alicyclic amines) is 1. The van der Waals surface area contributed by atoms with Gasteiger partial charge < -0.3 is 16.0 Å². The van der Waals surface area contributed by atoms with Crippen molar-refractivity contribution in [3.63, 3.8) is 0 Å². The first-order valence-corrected chi connectivity index (χ1v) is 9.23. The first kappa shape index (κ1) is 18.4. The molecule has 3 N–H and O–H groups in total. The van der Waals surface area contributed by atoms with Crippen LogP contribution in [-0.2, 0) is 11.2 Å². The van der Waals surface area contributed by atoms with E-state index in [1.807, 2.05) is 35.2 Å². The molecule has 0 aliphatic carbocycles. The number of para-hydroxylation sites is 1. The molecule has 138 valence electrons. The number of rotatable bonds is 7. The van der Waals surface area contributed by atoms with Crippen LogP contribution in [0, 0.1) is 5.82 Å². The van der Waals surface area contributed by atoms with Gasteiger partial charge in [0, 0.05) is 24.8 Å². The lowest BCUT2D eigenvalue weighted by molar-refractivity contribution is -0.133. The van der Waals surface area contributed by atoms with Gasteiger partial charge in [-0.25, -0.2) is 4.39 Å². The van der Waals surface area contributed by atoms with Crippen LogP contribution in [0.3, 0.4) is 0 Å². The van der Waals surface area contributed by atoms with Crippen molar-refractivity contribution >= 4 is 11.6 Å². The van der Waals surface area contributed by atoms with Crippen LogP contribution in [-0.4, -0.2) is 36.0 Å². The molecular weight excluding hydrogens is 329 g/mol. The number of halogens is 1. The molecule has 2 aromatic rings. The monoisotopic (exact) mass is 355 g/mol. The summed E-state index contributed by atoms with van der Waals surface area (Å²) in [6.45, 7) is 1.46. The van der Waals surface area contributed by atoms with E-state index in [2.05, 4.69) is 5.32 Å². The van der Waals surface area contributed by atoms with Crippen LogP contribution in [0.25, 0.3) is 0 Å². The maximum atomic E-state index is 13.7. The summed E-state index contributed by atoms with van der Waals surface area (Å²) in [6.07, 6.45) is 2.90. The zero-order chi connectivity index (χ0) is 18.4. The molecule has 1 fully saturated rings. The first-order chi connectivity index (χ1) is 12.6. The van der Waals surface area contributed by atoms with Gasteiger partial charge in [-0.05, 0) is 49.4 Å². The Kier molecular flexibility index (Phi) is 6.23. The molecule has 0 bridgehead atoms. The largest absolute Gasteiger partial charge is 0.383 e. The Labute approximate surface area is 154 Å². The lowest BCUT2D eigenvalue weighted by Gasteiger charge is -2.28. The number of amides is 1. The standard InChI is InChI=1S/C21H26FN3O/c22-19-11-5-4-7-16(19)12-13-20(23)21(26)25-14-6-10-18(25)15-24-17-8-2-1-3-9-17/h1-5,7-9,11,18,20,24H,6,10,12-15,23H2/t18-,20+/m0/s1. The second kappa shape index (κ2) is 8.81. The quantitative estimate of drug-likeness (QED) is 0.802. The van der Waals surface area contributed by atoms with Crippen molar-refractivity contribution in [1.82, 2.24) is 4.90 Å². The third-order valence-corrected chi connectivity index (χ3v) is 4.98. The van der Waals surface area contributed by atoms with Gasteiger partial charge in [0.2, 0.25) is 5.91 Å². The van der Waals surface area contributed by atoms with Crippen LogP contribution >= 0.6 is 0 Å². The zero-order valence-electron chi connectivity index (χ0n) is 14.9. The summed E-state index contributed by atoms with van der Waals surface area (Å²) in [4.78, 5) is 14.6. The van der Waals surface area contributed by atoms with Crippen LogP contribution in [0.4, 0.5) is 10.1 Å². The fourth-order valence-electron chi connectivity index (χ4n) is 3.48. The third-order valence-electron chi connectivity index (χ3n) is 4.98. The van der Waals surface area contributed by atoms with Crippen molar-refractivity contribution in [1.29, 1.82) is 0 Å². The number of aryl methyl sites for hydroxylation is 1. The maximum absolute atomic E-state index is 13.7. The average Bonchev–Trinajstić information content (AvgIpc) is 3.14. The van der Waals surface area contributed by atoms with Gasteiger partial charge in [-0.2, -0.15) is 0 Å². The van der Waals surface area contributed by atoms with Crippen molar-refractivity contribution < 1.29 is 9.18 Å². The SMILES string of the molecule is N[C@H](CCc1ccccc1F)C(=O)N1CCC[C@H]1CNc1ccccc1. The van der Waals surface area contributed by atoms with Crippen molar-refractivity contribution in [2.45, 2.75) is 37.8 Å². The molecule has 0 aromatic heterocycles. The molecule has 1 saturated heterocycles. The van der Waals surface area contributed by atoms with Crippen LogP contribution in [0.1, 0.15) is 24.8 Å². The van der Waals surface area contributed by atoms with Crippen LogP contribution in [0.2, 0.25) is 0 Å². The highest BCUT2D eigenvalue weighted by Crippen LogP contribution is 2.20. The van der Waals surface area contributed by atoms with E-state index in [9.17, 15) is 9.18 Å². The number of benzene rings is 2.